The van der Waals surface area contributed by atoms with Gasteiger partial charge in [-0.2, -0.15) is 4.68 Å². The van der Waals surface area contributed by atoms with Gasteiger partial charge in [0.1, 0.15) is 11.5 Å². The zero-order chi connectivity index (χ0) is 16.2. The second-order valence-corrected chi connectivity index (χ2v) is 5.09. The predicted molar refractivity (Wildman–Crippen MR) is 82.7 cm³/mol. The molecule has 0 saturated heterocycles. The molecular formula is C16H12ClFN2O3. The highest BCUT2D eigenvalue weighted by atomic mass is 35.5. The van der Waals surface area contributed by atoms with Gasteiger partial charge in [0.2, 0.25) is 0 Å². The van der Waals surface area contributed by atoms with Crippen LogP contribution < -0.4 is 10.5 Å². The lowest BCUT2D eigenvalue weighted by molar-refractivity contribution is 0.228. The number of rotatable bonds is 5. The van der Waals surface area contributed by atoms with Crippen LogP contribution in [0.15, 0.2) is 57.7 Å². The maximum atomic E-state index is 13.7. The standard InChI is InChI=1S/C16H12ClFN2O3/c17-12-6-2-1-5-11(12)9-10-22-15-19-20(16(21)23-15)14-8-4-3-7-13(14)18/h1-8H,9-10H2. The Kier molecular flexibility index (Phi) is 4.43. The van der Waals surface area contributed by atoms with Crippen molar-refractivity contribution in [2.24, 2.45) is 0 Å². The number of hydrogen-bond acceptors (Lipinski definition) is 4. The van der Waals surface area contributed by atoms with Crippen molar-refractivity contribution in [3.63, 3.8) is 0 Å². The monoisotopic (exact) mass is 334 g/mol. The van der Waals surface area contributed by atoms with Crippen molar-refractivity contribution in [2.45, 2.75) is 6.42 Å². The number of ether oxygens (including phenoxy) is 1. The van der Waals surface area contributed by atoms with Gasteiger partial charge in [-0.3, -0.25) is 0 Å². The third-order valence-electron chi connectivity index (χ3n) is 3.16. The molecule has 0 aliphatic rings. The van der Waals surface area contributed by atoms with Crippen molar-refractivity contribution < 1.29 is 13.5 Å². The molecule has 5 nitrogen and oxygen atoms in total. The topological polar surface area (TPSA) is 57.3 Å². The maximum Gasteiger partial charge on any atom is 0.444 e. The summed E-state index contributed by atoms with van der Waals surface area (Å²) in [6.45, 7) is 0.223. The Balaban J connectivity index is 1.71. The molecule has 0 unspecified atom stereocenters. The van der Waals surface area contributed by atoms with E-state index < -0.39 is 11.6 Å². The molecule has 2 aromatic carbocycles. The molecule has 0 atom stereocenters. The maximum absolute atomic E-state index is 13.7. The molecule has 0 fully saturated rings. The van der Waals surface area contributed by atoms with E-state index in [2.05, 4.69) is 5.10 Å². The van der Waals surface area contributed by atoms with Crippen LogP contribution in [0, 0.1) is 5.82 Å². The molecule has 0 N–H and O–H groups in total. The van der Waals surface area contributed by atoms with Crippen LogP contribution in [0.3, 0.4) is 0 Å². The SMILES string of the molecule is O=c1oc(OCCc2ccccc2Cl)nn1-c1ccccc1F. The summed E-state index contributed by atoms with van der Waals surface area (Å²) < 4.78 is 24.7. The average Bonchev–Trinajstić information content (AvgIpc) is 2.90. The molecule has 0 aliphatic carbocycles. The Labute approximate surface area is 135 Å². The van der Waals surface area contributed by atoms with E-state index in [0.717, 1.165) is 10.2 Å². The zero-order valence-corrected chi connectivity index (χ0v) is 12.7. The van der Waals surface area contributed by atoms with E-state index >= 15 is 0 Å². The van der Waals surface area contributed by atoms with E-state index in [4.69, 9.17) is 20.8 Å². The van der Waals surface area contributed by atoms with E-state index in [-0.39, 0.29) is 18.4 Å². The molecule has 3 aromatic rings. The molecule has 0 spiro atoms. The lowest BCUT2D eigenvalue weighted by Crippen LogP contribution is -2.14. The Bertz CT molecular complexity index is 876. The van der Waals surface area contributed by atoms with Gasteiger partial charge in [-0.05, 0) is 23.8 Å². The first kappa shape index (κ1) is 15.3. The number of aromatic nitrogens is 2. The summed E-state index contributed by atoms with van der Waals surface area (Å²) in [4.78, 5) is 11.7. The largest absolute Gasteiger partial charge is 0.449 e. The summed E-state index contributed by atoms with van der Waals surface area (Å²) in [6.07, 6.45) is 0.306. The van der Waals surface area contributed by atoms with Crippen LogP contribution in [0.5, 0.6) is 6.08 Å². The molecule has 0 saturated carbocycles. The fourth-order valence-electron chi connectivity index (χ4n) is 2.04. The van der Waals surface area contributed by atoms with Crippen LogP contribution in [0.2, 0.25) is 5.02 Å². The molecule has 118 valence electrons. The van der Waals surface area contributed by atoms with Crippen molar-refractivity contribution in [3.05, 3.63) is 75.5 Å². The highest BCUT2D eigenvalue weighted by Crippen LogP contribution is 2.16. The van der Waals surface area contributed by atoms with Crippen molar-refractivity contribution in [1.29, 1.82) is 0 Å². The molecule has 7 heteroatoms. The average molecular weight is 335 g/mol. The van der Waals surface area contributed by atoms with Crippen molar-refractivity contribution >= 4 is 11.6 Å². The Morgan fingerprint density at radius 2 is 1.91 bits per heavy atom. The molecular weight excluding hydrogens is 323 g/mol. The van der Waals surface area contributed by atoms with Gasteiger partial charge in [0.15, 0.2) is 0 Å². The molecule has 0 amide bonds. The fourth-order valence-corrected chi connectivity index (χ4v) is 2.27. The first-order valence-corrected chi connectivity index (χ1v) is 7.24. The Hall–Kier alpha value is -2.60. The molecule has 0 radical (unpaired) electrons. The van der Waals surface area contributed by atoms with Gasteiger partial charge in [0, 0.05) is 11.4 Å². The minimum absolute atomic E-state index is 0.00204. The fraction of sp³-hybridized carbons (Fsp3) is 0.125. The first-order valence-electron chi connectivity index (χ1n) is 6.86. The summed E-state index contributed by atoms with van der Waals surface area (Å²) in [5.41, 5.74) is 0.909. The highest BCUT2D eigenvalue weighted by Gasteiger charge is 2.14. The van der Waals surface area contributed by atoms with Gasteiger partial charge in [0.05, 0.1) is 6.61 Å². The number of benzene rings is 2. The second kappa shape index (κ2) is 6.66. The van der Waals surface area contributed by atoms with Crippen LogP contribution in [-0.2, 0) is 6.42 Å². The van der Waals surface area contributed by atoms with Crippen LogP contribution >= 0.6 is 11.6 Å². The molecule has 0 bridgehead atoms. The minimum Gasteiger partial charge on any atom is -0.449 e. The van der Waals surface area contributed by atoms with E-state index in [1.54, 1.807) is 12.1 Å². The summed E-state index contributed by atoms with van der Waals surface area (Å²) >= 11 is 6.04. The van der Waals surface area contributed by atoms with Crippen molar-refractivity contribution in [3.8, 4) is 11.8 Å². The van der Waals surface area contributed by atoms with E-state index in [1.807, 2.05) is 18.2 Å². The summed E-state index contributed by atoms with van der Waals surface area (Å²) in [6, 6.07) is 13.1. The normalized spacial score (nSPS) is 10.7. The van der Waals surface area contributed by atoms with Gasteiger partial charge in [-0.1, -0.05) is 47.0 Å². The zero-order valence-electron chi connectivity index (χ0n) is 11.9. The number of para-hydroxylation sites is 1. The van der Waals surface area contributed by atoms with Crippen LogP contribution in [0.25, 0.3) is 5.69 Å². The van der Waals surface area contributed by atoms with Crippen molar-refractivity contribution in [2.75, 3.05) is 6.61 Å². The summed E-state index contributed by atoms with van der Waals surface area (Å²) in [5.74, 6) is -1.40. The summed E-state index contributed by atoms with van der Waals surface area (Å²) in [7, 11) is 0. The smallest absolute Gasteiger partial charge is 0.444 e. The number of halogens is 2. The van der Waals surface area contributed by atoms with Crippen LogP contribution in [0.1, 0.15) is 5.56 Å². The highest BCUT2D eigenvalue weighted by molar-refractivity contribution is 6.31. The lowest BCUT2D eigenvalue weighted by atomic mass is 10.2. The molecule has 1 aromatic heterocycles. The third-order valence-corrected chi connectivity index (χ3v) is 3.53. The molecule has 1 heterocycles. The van der Waals surface area contributed by atoms with Crippen LogP contribution in [-0.4, -0.2) is 16.4 Å². The van der Waals surface area contributed by atoms with Gasteiger partial charge >= 0.3 is 11.8 Å². The van der Waals surface area contributed by atoms with Gasteiger partial charge in [0.25, 0.3) is 0 Å². The molecule has 23 heavy (non-hydrogen) atoms. The Morgan fingerprint density at radius 1 is 1.17 bits per heavy atom. The van der Waals surface area contributed by atoms with Crippen molar-refractivity contribution in [1.82, 2.24) is 9.78 Å². The number of hydrogen-bond donors (Lipinski definition) is 0. The predicted octanol–water partition coefficient (Wildman–Crippen LogP) is 3.24. The molecule has 3 rings (SSSR count). The van der Waals surface area contributed by atoms with E-state index in [9.17, 15) is 9.18 Å². The van der Waals surface area contributed by atoms with Gasteiger partial charge < -0.3 is 9.15 Å². The quantitative estimate of drug-likeness (QED) is 0.718. The number of nitrogens with zero attached hydrogens (tertiary/aromatic N) is 2. The lowest BCUT2D eigenvalue weighted by Gasteiger charge is -2.03. The second-order valence-electron chi connectivity index (χ2n) is 4.69. The van der Waals surface area contributed by atoms with Gasteiger partial charge in [-0.15, -0.1) is 0 Å². The minimum atomic E-state index is -0.817. The van der Waals surface area contributed by atoms with Crippen LogP contribution in [0.4, 0.5) is 4.39 Å². The third kappa shape index (κ3) is 3.43. The van der Waals surface area contributed by atoms with Gasteiger partial charge in [-0.25, -0.2) is 9.18 Å². The molecule has 0 aliphatic heterocycles. The van der Waals surface area contributed by atoms with E-state index in [0.29, 0.717) is 11.4 Å². The Morgan fingerprint density at radius 3 is 2.70 bits per heavy atom. The summed E-state index contributed by atoms with van der Waals surface area (Å²) in [5, 5.41) is 4.47. The van der Waals surface area contributed by atoms with E-state index in [1.165, 1.54) is 18.2 Å². The first-order chi connectivity index (χ1) is 11.1.